The number of fused-ring (bicyclic) bond motifs is 2. The summed E-state index contributed by atoms with van der Waals surface area (Å²) in [4.78, 5) is 2.50. The van der Waals surface area contributed by atoms with Crippen LogP contribution in [0.4, 0.5) is 0 Å². The van der Waals surface area contributed by atoms with Gasteiger partial charge in [-0.25, -0.2) is 0 Å². The molecule has 2 aliphatic rings. The van der Waals surface area contributed by atoms with E-state index in [1.165, 1.54) is 9.75 Å². The Morgan fingerprint density at radius 2 is 1.25 bits per heavy atom. The van der Waals surface area contributed by atoms with Crippen LogP contribution < -0.4 is 11.5 Å². The molecule has 6 heteroatoms. The molecule has 2 heterocycles. The summed E-state index contributed by atoms with van der Waals surface area (Å²) < 4.78 is 0. The minimum atomic E-state index is -0.345. The number of thiophene rings is 2. The Labute approximate surface area is 125 Å². The van der Waals surface area contributed by atoms with Gasteiger partial charge >= 0.3 is 0 Å². The van der Waals surface area contributed by atoms with Crippen molar-refractivity contribution < 1.29 is 10.2 Å². The summed E-state index contributed by atoms with van der Waals surface area (Å²) >= 11 is 3.36. The van der Waals surface area contributed by atoms with Gasteiger partial charge in [-0.05, 0) is 34.0 Å². The van der Waals surface area contributed by atoms with E-state index < -0.39 is 0 Å². The van der Waals surface area contributed by atoms with Crippen LogP contribution in [-0.4, -0.2) is 22.4 Å². The monoisotopic (exact) mass is 310 g/mol. The van der Waals surface area contributed by atoms with E-state index in [-0.39, 0.29) is 24.3 Å². The molecule has 0 aliphatic heterocycles. The van der Waals surface area contributed by atoms with Crippen LogP contribution in [0.5, 0.6) is 0 Å². The van der Waals surface area contributed by atoms with E-state index >= 15 is 0 Å². The van der Waals surface area contributed by atoms with Gasteiger partial charge in [0.1, 0.15) is 0 Å². The Bertz CT molecular complexity index is 543. The first kappa shape index (κ1) is 14.2. The molecule has 20 heavy (non-hydrogen) atoms. The maximum absolute atomic E-state index is 9.29. The summed E-state index contributed by atoms with van der Waals surface area (Å²) in [5, 5.41) is 22.6. The Balaban J connectivity index is 0.000000121. The van der Waals surface area contributed by atoms with Crippen molar-refractivity contribution in [2.24, 2.45) is 11.5 Å². The number of rotatable bonds is 0. The van der Waals surface area contributed by atoms with Crippen molar-refractivity contribution in [3.05, 3.63) is 43.8 Å². The second-order valence-corrected chi connectivity index (χ2v) is 7.19. The molecule has 2 aromatic heterocycles. The third kappa shape index (κ3) is 2.43. The highest BCUT2D eigenvalue weighted by Gasteiger charge is 2.29. The SMILES string of the molecule is N[C@@H]1c2ccsc2C[C@@H]1O.N[C@H]1c2ccsc2C[C@H]1O. The van der Waals surface area contributed by atoms with Crippen LogP contribution in [0, 0.1) is 0 Å². The Morgan fingerprint density at radius 3 is 1.60 bits per heavy atom. The van der Waals surface area contributed by atoms with Crippen molar-refractivity contribution in [2.75, 3.05) is 0 Å². The smallest absolute Gasteiger partial charge is 0.0781 e. The van der Waals surface area contributed by atoms with Crippen LogP contribution >= 0.6 is 22.7 Å². The molecule has 0 aromatic carbocycles. The molecule has 4 nitrogen and oxygen atoms in total. The molecule has 4 rings (SSSR count). The Kier molecular flexibility index (Phi) is 3.94. The lowest BCUT2D eigenvalue weighted by atomic mass is 10.2. The topological polar surface area (TPSA) is 92.5 Å². The van der Waals surface area contributed by atoms with E-state index in [1.54, 1.807) is 22.7 Å². The van der Waals surface area contributed by atoms with E-state index in [0.29, 0.717) is 0 Å². The van der Waals surface area contributed by atoms with Gasteiger partial charge in [-0.15, -0.1) is 22.7 Å². The van der Waals surface area contributed by atoms with E-state index in [0.717, 1.165) is 24.0 Å². The van der Waals surface area contributed by atoms with Gasteiger partial charge in [0.2, 0.25) is 0 Å². The largest absolute Gasteiger partial charge is 0.391 e. The van der Waals surface area contributed by atoms with Crippen LogP contribution in [0.1, 0.15) is 33.0 Å². The first-order chi connectivity index (χ1) is 9.58. The quantitative estimate of drug-likeness (QED) is 0.591. The highest BCUT2D eigenvalue weighted by atomic mass is 32.1. The summed E-state index contributed by atoms with van der Waals surface area (Å²) in [6.07, 6.45) is 0.799. The van der Waals surface area contributed by atoms with Crippen molar-refractivity contribution in [3.8, 4) is 0 Å². The molecule has 4 atom stereocenters. The Morgan fingerprint density at radius 1 is 0.850 bits per heavy atom. The first-order valence-corrected chi connectivity index (χ1v) is 8.33. The van der Waals surface area contributed by atoms with Gasteiger partial charge in [0, 0.05) is 22.6 Å². The molecule has 0 saturated carbocycles. The van der Waals surface area contributed by atoms with Gasteiger partial charge < -0.3 is 21.7 Å². The zero-order valence-corrected chi connectivity index (χ0v) is 12.5. The van der Waals surface area contributed by atoms with Gasteiger partial charge in [0.15, 0.2) is 0 Å². The first-order valence-electron chi connectivity index (χ1n) is 6.57. The number of aliphatic hydroxyl groups excluding tert-OH is 2. The van der Waals surface area contributed by atoms with Gasteiger partial charge in [-0.3, -0.25) is 0 Å². The summed E-state index contributed by atoms with van der Waals surface area (Å²) in [5.41, 5.74) is 13.7. The second-order valence-electron chi connectivity index (χ2n) is 5.19. The van der Waals surface area contributed by atoms with Gasteiger partial charge in [0.05, 0.1) is 24.3 Å². The highest BCUT2D eigenvalue weighted by molar-refractivity contribution is 7.10. The Hall–Kier alpha value is -0.760. The van der Waals surface area contributed by atoms with Crippen molar-refractivity contribution in [3.63, 3.8) is 0 Å². The third-order valence-electron chi connectivity index (χ3n) is 3.90. The van der Waals surface area contributed by atoms with Crippen LogP contribution in [0.3, 0.4) is 0 Å². The third-order valence-corrected chi connectivity index (χ3v) is 5.81. The average molecular weight is 310 g/mol. The molecular weight excluding hydrogens is 292 g/mol. The lowest BCUT2D eigenvalue weighted by Crippen LogP contribution is -2.21. The summed E-state index contributed by atoms with van der Waals surface area (Å²) in [7, 11) is 0. The molecule has 0 amide bonds. The lowest BCUT2D eigenvalue weighted by molar-refractivity contribution is 0.158. The van der Waals surface area contributed by atoms with E-state index in [1.807, 2.05) is 22.9 Å². The number of aliphatic hydroxyl groups is 2. The zero-order chi connectivity index (χ0) is 14.3. The van der Waals surface area contributed by atoms with Gasteiger partial charge in [-0.1, -0.05) is 0 Å². The summed E-state index contributed by atoms with van der Waals surface area (Å²) in [5.74, 6) is 0. The van der Waals surface area contributed by atoms with E-state index in [4.69, 9.17) is 11.5 Å². The van der Waals surface area contributed by atoms with Crippen LogP contribution in [0.25, 0.3) is 0 Å². The molecule has 0 bridgehead atoms. The highest BCUT2D eigenvalue weighted by Crippen LogP contribution is 2.33. The lowest BCUT2D eigenvalue weighted by Gasteiger charge is -2.06. The number of nitrogens with two attached hydrogens (primary N) is 2. The second kappa shape index (κ2) is 5.55. The van der Waals surface area contributed by atoms with Crippen molar-refractivity contribution in [2.45, 2.75) is 37.1 Å². The van der Waals surface area contributed by atoms with Gasteiger partial charge in [0.25, 0.3) is 0 Å². The normalized spacial score (nSPS) is 30.6. The fourth-order valence-corrected chi connectivity index (χ4v) is 4.65. The van der Waals surface area contributed by atoms with E-state index in [9.17, 15) is 10.2 Å². The van der Waals surface area contributed by atoms with Crippen LogP contribution in [0.15, 0.2) is 22.9 Å². The standard InChI is InChI=1S/2C7H9NOS/c2*8-7-4-1-2-10-6(4)3-5(7)9/h2*1-2,5,7,9H,3,8H2/t2*5-,7+/m10/s1. The maximum Gasteiger partial charge on any atom is 0.0781 e. The van der Waals surface area contributed by atoms with Crippen molar-refractivity contribution in [1.29, 1.82) is 0 Å². The number of hydrogen-bond acceptors (Lipinski definition) is 6. The molecule has 0 saturated heterocycles. The molecule has 0 fully saturated rings. The maximum atomic E-state index is 9.29. The van der Waals surface area contributed by atoms with Crippen molar-refractivity contribution in [1.82, 2.24) is 0 Å². The van der Waals surface area contributed by atoms with Crippen LogP contribution in [-0.2, 0) is 12.8 Å². The van der Waals surface area contributed by atoms with Gasteiger partial charge in [-0.2, -0.15) is 0 Å². The molecule has 6 N–H and O–H groups in total. The zero-order valence-electron chi connectivity index (χ0n) is 10.9. The minimum absolute atomic E-state index is 0.138. The molecule has 0 spiro atoms. The molecular formula is C14H18N2O2S2. The molecule has 2 aromatic rings. The summed E-state index contributed by atoms with van der Waals surface area (Å²) in [6.45, 7) is 0. The van der Waals surface area contributed by atoms with E-state index in [2.05, 4.69) is 0 Å². The predicted molar refractivity (Wildman–Crippen MR) is 81.9 cm³/mol. The molecule has 2 aliphatic carbocycles. The summed E-state index contributed by atoms with van der Waals surface area (Å²) in [6, 6.07) is 3.73. The van der Waals surface area contributed by atoms with Crippen molar-refractivity contribution >= 4 is 22.7 Å². The molecule has 0 radical (unpaired) electrons. The average Bonchev–Trinajstić information content (AvgIpc) is 3.13. The van der Waals surface area contributed by atoms with Crippen LogP contribution in [0.2, 0.25) is 0 Å². The molecule has 0 unspecified atom stereocenters. The number of hydrogen-bond donors (Lipinski definition) is 4. The fraction of sp³-hybridized carbons (Fsp3) is 0.429. The molecule has 108 valence electrons. The predicted octanol–water partition coefficient (Wildman–Crippen LogP) is 1.33. The fourth-order valence-electron chi connectivity index (χ4n) is 2.68. The minimum Gasteiger partial charge on any atom is -0.391 e.